The molecule has 1 amide bonds. The molecule has 3 aliphatic rings. The molecule has 146 valence electrons. The number of benzene rings is 1. The van der Waals surface area contributed by atoms with Crippen molar-refractivity contribution in [3.05, 3.63) is 23.8 Å². The number of carboxylic acids is 1. The highest BCUT2D eigenvalue weighted by atomic mass is 16.7. The first-order valence-corrected chi connectivity index (χ1v) is 9.48. The Morgan fingerprint density at radius 3 is 2.81 bits per heavy atom. The normalized spacial score (nSPS) is 29.3. The smallest absolute Gasteiger partial charge is 0.308 e. The van der Waals surface area contributed by atoms with Crippen LogP contribution in [0, 0.1) is 11.8 Å². The van der Waals surface area contributed by atoms with Crippen molar-refractivity contribution in [3.8, 4) is 11.5 Å². The van der Waals surface area contributed by atoms with Gasteiger partial charge in [-0.15, -0.1) is 0 Å². The standard InChI is InChI=1S/C19H25N3O5/c1-2-3-15-12(7-20-21-15)18(23)22-8-13(14(9-22)19(24)25)11-4-5-16-17(6-11)27-10-26-16/h4-6,12-15,20-21H,2-3,7-10H2,1H3,(H,24,25)/t12?,13-,14+,15?/m1/s1. The van der Waals surface area contributed by atoms with Crippen molar-refractivity contribution < 1.29 is 24.2 Å². The van der Waals surface area contributed by atoms with Crippen LogP contribution in [0.2, 0.25) is 0 Å². The van der Waals surface area contributed by atoms with E-state index >= 15 is 0 Å². The summed E-state index contributed by atoms with van der Waals surface area (Å²) in [5, 5.41) is 9.72. The molecule has 3 heterocycles. The molecule has 0 aliphatic carbocycles. The minimum Gasteiger partial charge on any atom is -0.481 e. The van der Waals surface area contributed by atoms with Crippen molar-refractivity contribution in [2.45, 2.75) is 31.7 Å². The largest absolute Gasteiger partial charge is 0.481 e. The summed E-state index contributed by atoms with van der Waals surface area (Å²) in [7, 11) is 0. The number of hydrogen-bond acceptors (Lipinski definition) is 6. The fourth-order valence-corrected chi connectivity index (χ4v) is 4.34. The topological polar surface area (TPSA) is 100 Å². The van der Waals surface area contributed by atoms with Crippen molar-refractivity contribution in [1.29, 1.82) is 0 Å². The quantitative estimate of drug-likeness (QED) is 0.704. The predicted molar refractivity (Wildman–Crippen MR) is 96.3 cm³/mol. The highest BCUT2D eigenvalue weighted by Gasteiger charge is 2.44. The van der Waals surface area contributed by atoms with Crippen molar-refractivity contribution in [2.24, 2.45) is 11.8 Å². The average molecular weight is 375 g/mol. The van der Waals surface area contributed by atoms with E-state index in [1.54, 1.807) is 4.90 Å². The van der Waals surface area contributed by atoms with Crippen LogP contribution >= 0.6 is 0 Å². The highest BCUT2D eigenvalue weighted by Crippen LogP contribution is 2.39. The van der Waals surface area contributed by atoms with Crippen LogP contribution in [0.5, 0.6) is 11.5 Å². The first-order valence-electron chi connectivity index (χ1n) is 9.48. The number of amides is 1. The lowest BCUT2D eigenvalue weighted by atomic mass is 9.89. The van der Waals surface area contributed by atoms with Crippen LogP contribution in [0.15, 0.2) is 18.2 Å². The number of nitrogens with one attached hydrogen (secondary N) is 2. The summed E-state index contributed by atoms with van der Waals surface area (Å²) in [5.41, 5.74) is 7.12. The summed E-state index contributed by atoms with van der Waals surface area (Å²) < 4.78 is 10.8. The van der Waals surface area contributed by atoms with Gasteiger partial charge in [-0.3, -0.25) is 20.4 Å². The number of carboxylic acid groups (broad SMARTS) is 1. The van der Waals surface area contributed by atoms with E-state index < -0.39 is 11.9 Å². The van der Waals surface area contributed by atoms with Crippen LogP contribution in [0.3, 0.4) is 0 Å². The Morgan fingerprint density at radius 2 is 2.04 bits per heavy atom. The zero-order chi connectivity index (χ0) is 19.0. The predicted octanol–water partition coefficient (Wildman–Crippen LogP) is 0.935. The maximum Gasteiger partial charge on any atom is 0.308 e. The molecule has 1 aromatic rings. The molecule has 3 aliphatic heterocycles. The zero-order valence-electron chi connectivity index (χ0n) is 15.3. The van der Waals surface area contributed by atoms with Gasteiger partial charge in [0.1, 0.15) is 0 Å². The fraction of sp³-hybridized carbons (Fsp3) is 0.579. The van der Waals surface area contributed by atoms with E-state index in [1.807, 2.05) is 18.2 Å². The molecule has 4 rings (SSSR count). The van der Waals surface area contributed by atoms with E-state index in [0.717, 1.165) is 18.4 Å². The van der Waals surface area contributed by atoms with E-state index in [-0.39, 0.29) is 37.1 Å². The van der Waals surface area contributed by atoms with Crippen LogP contribution in [0.25, 0.3) is 0 Å². The minimum atomic E-state index is -0.874. The lowest BCUT2D eigenvalue weighted by molar-refractivity contribution is -0.142. The molecule has 0 spiro atoms. The third-order valence-electron chi connectivity index (χ3n) is 5.79. The number of ether oxygens (including phenoxy) is 2. The second kappa shape index (κ2) is 7.36. The number of nitrogens with zero attached hydrogens (tertiary/aromatic N) is 1. The molecule has 0 radical (unpaired) electrons. The Balaban J connectivity index is 1.53. The van der Waals surface area contributed by atoms with Crippen molar-refractivity contribution in [3.63, 3.8) is 0 Å². The molecule has 8 nitrogen and oxygen atoms in total. The highest BCUT2D eigenvalue weighted by molar-refractivity contribution is 5.82. The average Bonchev–Trinajstić information content (AvgIpc) is 3.39. The lowest BCUT2D eigenvalue weighted by Crippen LogP contribution is -2.41. The first kappa shape index (κ1) is 18.1. The summed E-state index contributed by atoms with van der Waals surface area (Å²) in [4.78, 5) is 26.6. The van der Waals surface area contributed by atoms with Crippen molar-refractivity contribution >= 4 is 11.9 Å². The van der Waals surface area contributed by atoms with E-state index in [2.05, 4.69) is 17.8 Å². The molecular weight excluding hydrogens is 350 g/mol. The lowest BCUT2D eigenvalue weighted by Gasteiger charge is -2.24. The van der Waals surface area contributed by atoms with E-state index in [4.69, 9.17) is 9.47 Å². The monoisotopic (exact) mass is 375 g/mol. The van der Waals surface area contributed by atoms with E-state index in [0.29, 0.717) is 24.6 Å². The van der Waals surface area contributed by atoms with Crippen LogP contribution in [-0.2, 0) is 9.59 Å². The van der Waals surface area contributed by atoms with Crippen LogP contribution in [0.4, 0.5) is 0 Å². The molecule has 27 heavy (non-hydrogen) atoms. The SMILES string of the molecule is CCCC1NNCC1C(=O)N1C[C@H](C(=O)O)[C@@H](c2ccc3c(c2)OCO3)C1. The van der Waals surface area contributed by atoms with Crippen molar-refractivity contribution in [1.82, 2.24) is 15.8 Å². The third-order valence-corrected chi connectivity index (χ3v) is 5.79. The van der Waals surface area contributed by atoms with Gasteiger partial charge in [-0.1, -0.05) is 19.4 Å². The van der Waals surface area contributed by atoms with Gasteiger partial charge in [-0.05, 0) is 24.1 Å². The molecule has 1 aromatic carbocycles. The Kier molecular flexibility index (Phi) is 4.92. The first-order chi connectivity index (χ1) is 13.1. The molecular formula is C19H25N3O5. The number of likely N-dealkylation sites (tertiary alicyclic amines) is 1. The summed E-state index contributed by atoms with van der Waals surface area (Å²) in [6.07, 6.45) is 1.89. The van der Waals surface area contributed by atoms with E-state index in [9.17, 15) is 14.7 Å². The number of hydrazine groups is 1. The molecule has 2 fully saturated rings. The fourth-order valence-electron chi connectivity index (χ4n) is 4.34. The maximum absolute atomic E-state index is 13.1. The van der Waals surface area contributed by atoms with Crippen LogP contribution in [-0.4, -0.2) is 54.4 Å². The van der Waals surface area contributed by atoms with Gasteiger partial charge in [0.2, 0.25) is 12.7 Å². The Bertz CT molecular complexity index is 740. The Morgan fingerprint density at radius 1 is 1.22 bits per heavy atom. The molecule has 2 saturated heterocycles. The van der Waals surface area contributed by atoms with Gasteiger partial charge in [0, 0.05) is 31.6 Å². The summed E-state index contributed by atoms with van der Waals surface area (Å²) in [6.45, 7) is 3.49. The van der Waals surface area contributed by atoms with Gasteiger partial charge >= 0.3 is 5.97 Å². The van der Waals surface area contributed by atoms with Gasteiger partial charge in [0.25, 0.3) is 0 Å². The second-order valence-electron chi connectivity index (χ2n) is 7.43. The Labute approximate surface area is 157 Å². The number of hydrogen-bond donors (Lipinski definition) is 3. The van der Waals surface area contributed by atoms with Gasteiger partial charge in [0.15, 0.2) is 11.5 Å². The summed E-state index contributed by atoms with van der Waals surface area (Å²) in [6, 6.07) is 5.62. The van der Waals surface area contributed by atoms with Crippen molar-refractivity contribution in [2.75, 3.05) is 26.4 Å². The number of fused-ring (bicyclic) bond motifs is 1. The summed E-state index contributed by atoms with van der Waals surface area (Å²) in [5.74, 6) is -0.582. The second-order valence-corrected chi connectivity index (χ2v) is 7.43. The summed E-state index contributed by atoms with van der Waals surface area (Å²) >= 11 is 0. The number of carbonyl (C=O) groups is 2. The van der Waals surface area contributed by atoms with Gasteiger partial charge in [-0.2, -0.15) is 0 Å². The molecule has 0 bridgehead atoms. The number of rotatable bonds is 5. The molecule has 8 heteroatoms. The molecule has 3 N–H and O–H groups in total. The van der Waals surface area contributed by atoms with Gasteiger partial charge in [0.05, 0.1) is 11.8 Å². The number of carbonyl (C=O) groups excluding carboxylic acids is 1. The third kappa shape index (κ3) is 3.35. The van der Waals surface area contributed by atoms with Crippen LogP contribution in [0.1, 0.15) is 31.2 Å². The molecule has 4 atom stereocenters. The zero-order valence-corrected chi connectivity index (χ0v) is 15.3. The minimum absolute atomic E-state index is 0.0282. The molecule has 0 saturated carbocycles. The van der Waals surface area contributed by atoms with Crippen LogP contribution < -0.4 is 20.3 Å². The maximum atomic E-state index is 13.1. The molecule has 0 aromatic heterocycles. The molecule has 2 unspecified atom stereocenters. The van der Waals surface area contributed by atoms with E-state index in [1.165, 1.54) is 0 Å². The number of aliphatic carboxylic acids is 1. The Hall–Kier alpha value is -2.32. The van der Waals surface area contributed by atoms with Gasteiger partial charge in [-0.25, -0.2) is 0 Å². The van der Waals surface area contributed by atoms with Gasteiger partial charge < -0.3 is 19.5 Å².